The van der Waals surface area contributed by atoms with E-state index in [1.807, 2.05) is 18.2 Å². The van der Waals surface area contributed by atoms with E-state index in [1.54, 1.807) is 7.11 Å². The van der Waals surface area contributed by atoms with Gasteiger partial charge in [0.2, 0.25) is 5.91 Å². The van der Waals surface area contributed by atoms with Gasteiger partial charge in [-0.3, -0.25) is 9.59 Å². The molecule has 8 heteroatoms. The van der Waals surface area contributed by atoms with Gasteiger partial charge in [0.15, 0.2) is 0 Å². The number of carbonyl (C=O) groups excluding carboxylic acids is 1. The van der Waals surface area contributed by atoms with Crippen molar-refractivity contribution in [1.82, 2.24) is 14.9 Å². The quantitative estimate of drug-likeness (QED) is 0.820. The molecule has 0 radical (unpaired) electrons. The maximum absolute atomic E-state index is 11.7. The number of aromatic nitrogens is 2. The van der Waals surface area contributed by atoms with Gasteiger partial charge >= 0.3 is 5.97 Å². The Morgan fingerprint density at radius 2 is 2.29 bits per heavy atom. The zero-order valence-corrected chi connectivity index (χ0v) is 13.3. The summed E-state index contributed by atoms with van der Waals surface area (Å²) in [5, 5.41) is 11.4. The smallest absolute Gasteiger partial charge is 0.303 e. The number of aliphatic carboxylic acids is 1. The van der Waals surface area contributed by atoms with Crippen molar-refractivity contribution >= 4 is 22.9 Å². The monoisotopic (exact) mass is 333 g/mol. The highest BCUT2D eigenvalue weighted by atomic mass is 16.5. The Hall–Kier alpha value is -2.61. The number of amides is 1. The summed E-state index contributed by atoms with van der Waals surface area (Å²) in [6, 6.07) is 5.56. The van der Waals surface area contributed by atoms with E-state index in [0.717, 1.165) is 22.6 Å². The van der Waals surface area contributed by atoms with Crippen LogP contribution in [-0.2, 0) is 20.9 Å². The van der Waals surface area contributed by atoms with Crippen LogP contribution in [0.5, 0.6) is 5.75 Å². The molecule has 1 unspecified atom stereocenters. The van der Waals surface area contributed by atoms with E-state index >= 15 is 0 Å². The minimum Gasteiger partial charge on any atom is -0.497 e. The van der Waals surface area contributed by atoms with Crippen molar-refractivity contribution in [1.29, 1.82) is 0 Å². The maximum atomic E-state index is 11.7. The SMILES string of the molecule is COc1ccc2nc3n(c2c1)C(CNC(=O)CCC(=O)O)COC3. The van der Waals surface area contributed by atoms with E-state index in [0.29, 0.717) is 19.8 Å². The third-order valence-electron chi connectivity index (χ3n) is 3.98. The Morgan fingerprint density at radius 3 is 3.04 bits per heavy atom. The molecule has 2 N–H and O–H groups in total. The number of ether oxygens (including phenoxy) is 2. The first-order valence-corrected chi connectivity index (χ1v) is 7.69. The van der Waals surface area contributed by atoms with Gasteiger partial charge in [-0.1, -0.05) is 0 Å². The van der Waals surface area contributed by atoms with Crippen molar-refractivity contribution < 1.29 is 24.2 Å². The predicted octanol–water partition coefficient (Wildman–Crippen LogP) is 1.10. The molecule has 0 saturated heterocycles. The second kappa shape index (κ2) is 6.88. The molecule has 1 aromatic heterocycles. The summed E-state index contributed by atoms with van der Waals surface area (Å²) in [7, 11) is 1.61. The van der Waals surface area contributed by atoms with Crippen molar-refractivity contribution in [2.24, 2.45) is 0 Å². The number of nitrogens with zero attached hydrogens (tertiary/aromatic N) is 2. The van der Waals surface area contributed by atoms with Gasteiger partial charge in [-0.05, 0) is 12.1 Å². The summed E-state index contributed by atoms with van der Waals surface area (Å²) in [5.41, 5.74) is 1.77. The number of rotatable bonds is 6. The molecule has 1 aliphatic rings. The van der Waals surface area contributed by atoms with Gasteiger partial charge in [-0.25, -0.2) is 4.98 Å². The highest BCUT2D eigenvalue weighted by Crippen LogP contribution is 2.28. The molecule has 0 spiro atoms. The van der Waals surface area contributed by atoms with Gasteiger partial charge in [0.1, 0.15) is 18.2 Å². The van der Waals surface area contributed by atoms with Gasteiger partial charge in [-0.2, -0.15) is 0 Å². The molecule has 8 nitrogen and oxygen atoms in total. The van der Waals surface area contributed by atoms with Crippen molar-refractivity contribution in [3.8, 4) is 5.75 Å². The molecule has 2 aromatic rings. The molecule has 1 atom stereocenters. The van der Waals surface area contributed by atoms with Crippen LogP contribution in [0.4, 0.5) is 0 Å². The third-order valence-corrected chi connectivity index (χ3v) is 3.98. The fraction of sp³-hybridized carbons (Fsp3) is 0.438. The summed E-state index contributed by atoms with van der Waals surface area (Å²) >= 11 is 0. The van der Waals surface area contributed by atoms with Crippen LogP contribution in [0.2, 0.25) is 0 Å². The number of carboxylic acids is 1. The van der Waals surface area contributed by atoms with Crippen LogP contribution in [0.3, 0.4) is 0 Å². The summed E-state index contributed by atoms with van der Waals surface area (Å²) in [5.74, 6) is 0.267. The molecule has 3 rings (SSSR count). The van der Waals surface area contributed by atoms with Crippen LogP contribution in [0.1, 0.15) is 24.7 Å². The lowest BCUT2D eigenvalue weighted by Gasteiger charge is -2.26. The standard InChI is InChI=1S/C16H19N3O5/c1-23-11-2-3-12-13(6-11)19-10(8-24-9-14(19)18-12)7-17-15(20)4-5-16(21)22/h2-3,6,10H,4-5,7-9H2,1H3,(H,17,20)(H,21,22). The highest BCUT2D eigenvalue weighted by Gasteiger charge is 2.24. The normalized spacial score (nSPS) is 16.6. The van der Waals surface area contributed by atoms with Crippen LogP contribution >= 0.6 is 0 Å². The van der Waals surface area contributed by atoms with Crippen molar-refractivity contribution in [2.75, 3.05) is 20.3 Å². The molecule has 1 aromatic carbocycles. The first kappa shape index (κ1) is 16.3. The number of hydrogen-bond acceptors (Lipinski definition) is 5. The number of nitrogens with one attached hydrogen (secondary N) is 1. The number of benzene rings is 1. The van der Waals surface area contributed by atoms with E-state index in [2.05, 4.69) is 14.9 Å². The Labute approximate surface area is 138 Å². The molecule has 128 valence electrons. The van der Waals surface area contributed by atoms with E-state index < -0.39 is 5.97 Å². The van der Waals surface area contributed by atoms with E-state index in [1.165, 1.54) is 0 Å². The van der Waals surface area contributed by atoms with Crippen LogP contribution in [0.25, 0.3) is 11.0 Å². The average Bonchev–Trinajstić information content (AvgIpc) is 2.96. The first-order valence-electron chi connectivity index (χ1n) is 7.69. The number of fused-ring (bicyclic) bond motifs is 3. The molecule has 0 bridgehead atoms. The van der Waals surface area contributed by atoms with Gasteiger partial charge in [0.25, 0.3) is 0 Å². The van der Waals surface area contributed by atoms with E-state index in [4.69, 9.17) is 14.6 Å². The van der Waals surface area contributed by atoms with Crippen molar-refractivity contribution in [3.63, 3.8) is 0 Å². The Morgan fingerprint density at radius 1 is 1.46 bits per heavy atom. The van der Waals surface area contributed by atoms with E-state index in [9.17, 15) is 9.59 Å². The fourth-order valence-electron chi connectivity index (χ4n) is 2.81. The van der Waals surface area contributed by atoms with Crippen LogP contribution < -0.4 is 10.1 Å². The Kier molecular flexibility index (Phi) is 4.66. The topological polar surface area (TPSA) is 103 Å². The molecule has 24 heavy (non-hydrogen) atoms. The highest BCUT2D eigenvalue weighted by molar-refractivity contribution is 5.81. The fourth-order valence-corrected chi connectivity index (χ4v) is 2.81. The summed E-state index contributed by atoms with van der Waals surface area (Å²) in [6.45, 7) is 1.23. The molecule has 0 saturated carbocycles. The maximum Gasteiger partial charge on any atom is 0.303 e. The predicted molar refractivity (Wildman–Crippen MR) is 84.9 cm³/mol. The Balaban J connectivity index is 1.78. The molecular weight excluding hydrogens is 314 g/mol. The summed E-state index contributed by atoms with van der Waals surface area (Å²) in [4.78, 5) is 26.8. The first-order chi connectivity index (χ1) is 11.6. The minimum absolute atomic E-state index is 0.0335. The molecular formula is C16H19N3O5. The minimum atomic E-state index is -0.985. The third kappa shape index (κ3) is 3.33. The summed E-state index contributed by atoms with van der Waals surface area (Å²) in [6.07, 6.45) is -0.211. The molecule has 2 heterocycles. The van der Waals surface area contributed by atoms with Crippen LogP contribution in [0, 0.1) is 0 Å². The molecule has 0 aliphatic carbocycles. The number of carboxylic acid groups (broad SMARTS) is 1. The van der Waals surface area contributed by atoms with Crippen LogP contribution in [0.15, 0.2) is 18.2 Å². The Bertz CT molecular complexity index is 770. The second-order valence-electron chi connectivity index (χ2n) is 5.62. The zero-order chi connectivity index (χ0) is 17.1. The van der Waals surface area contributed by atoms with Crippen LogP contribution in [-0.4, -0.2) is 46.8 Å². The van der Waals surface area contributed by atoms with Crippen molar-refractivity contribution in [2.45, 2.75) is 25.5 Å². The largest absolute Gasteiger partial charge is 0.497 e. The number of imidazole rings is 1. The average molecular weight is 333 g/mol. The van der Waals surface area contributed by atoms with Gasteiger partial charge < -0.3 is 24.5 Å². The lowest BCUT2D eigenvalue weighted by atomic mass is 10.2. The lowest BCUT2D eigenvalue weighted by Crippen LogP contribution is -2.35. The van der Waals surface area contributed by atoms with Gasteiger partial charge in [-0.15, -0.1) is 0 Å². The number of methoxy groups -OCH3 is 1. The molecule has 1 amide bonds. The number of hydrogen-bond donors (Lipinski definition) is 2. The second-order valence-corrected chi connectivity index (χ2v) is 5.62. The van der Waals surface area contributed by atoms with Gasteiger partial charge in [0, 0.05) is 19.0 Å². The van der Waals surface area contributed by atoms with Gasteiger partial charge in [0.05, 0.1) is 37.2 Å². The lowest BCUT2D eigenvalue weighted by molar-refractivity contribution is -0.138. The number of carbonyl (C=O) groups is 2. The zero-order valence-electron chi connectivity index (χ0n) is 13.3. The molecule has 0 fully saturated rings. The van der Waals surface area contributed by atoms with E-state index in [-0.39, 0.29) is 24.8 Å². The summed E-state index contributed by atoms with van der Waals surface area (Å²) < 4.78 is 12.9. The van der Waals surface area contributed by atoms with Crippen molar-refractivity contribution in [3.05, 3.63) is 24.0 Å². The molecule has 1 aliphatic heterocycles.